The molecule has 0 unspecified atom stereocenters. The molecule has 7 heteroatoms. The van der Waals surface area contributed by atoms with Crippen molar-refractivity contribution in [3.8, 4) is 5.75 Å². The van der Waals surface area contributed by atoms with Gasteiger partial charge in [-0.2, -0.15) is 0 Å². The van der Waals surface area contributed by atoms with E-state index in [1.54, 1.807) is 0 Å². The van der Waals surface area contributed by atoms with E-state index in [2.05, 4.69) is 10.6 Å². The molecule has 1 aromatic rings. The Hall–Kier alpha value is -2.15. The molecule has 4 aliphatic rings. The molecule has 5 rings (SSSR count). The van der Waals surface area contributed by atoms with Crippen molar-refractivity contribution in [2.75, 3.05) is 19.0 Å². The minimum atomic E-state index is -0.482. The fourth-order valence-electron chi connectivity index (χ4n) is 6.12. The molecule has 1 aromatic carbocycles. The van der Waals surface area contributed by atoms with E-state index in [0.717, 1.165) is 24.3 Å². The van der Waals surface area contributed by atoms with Crippen LogP contribution in [0.5, 0.6) is 5.75 Å². The monoisotopic (exact) mass is 387 g/mol. The van der Waals surface area contributed by atoms with Crippen LogP contribution in [0.4, 0.5) is 11.4 Å². The lowest BCUT2D eigenvalue weighted by Crippen LogP contribution is -2.52. The van der Waals surface area contributed by atoms with Gasteiger partial charge in [-0.05, 0) is 74.7 Å². The van der Waals surface area contributed by atoms with Crippen molar-refractivity contribution in [3.63, 3.8) is 0 Å². The minimum Gasteiger partial charge on any atom is -0.495 e. The second-order valence-electron chi connectivity index (χ2n) is 9.15. The van der Waals surface area contributed by atoms with Gasteiger partial charge in [0.1, 0.15) is 5.75 Å². The lowest BCUT2D eigenvalue weighted by atomic mass is 9.49. The third-order valence-corrected chi connectivity index (χ3v) is 6.99. The summed E-state index contributed by atoms with van der Waals surface area (Å²) in [7, 11) is 1.48. The minimum absolute atomic E-state index is 0.0784. The molecular weight excluding hydrogens is 358 g/mol. The summed E-state index contributed by atoms with van der Waals surface area (Å²) in [4.78, 5) is 23.2. The van der Waals surface area contributed by atoms with Gasteiger partial charge in [0.15, 0.2) is 0 Å². The highest BCUT2D eigenvalue weighted by molar-refractivity contribution is 5.96. The van der Waals surface area contributed by atoms with Gasteiger partial charge < -0.3 is 15.4 Å². The molecule has 4 aliphatic carbocycles. The summed E-state index contributed by atoms with van der Waals surface area (Å²) in [6.45, 7) is 2.72. The van der Waals surface area contributed by atoms with Crippen molar-refractivity contribution in [1.82, 2.24) is 5.32 Å². The molecule has 0 aromatic heterocycles. The van der Waals surface area contributed by atoms with E-state index in [0.29, 0.717) is 16.9 Å². The molecule has 0 aliphatic heterocycles. The topological polar surface area (TPSA) is 93.5 Å². The first kappa shape index (κ1) is 19.2. The molecule has 152 valence electrons. The van der Waals surface area contributed by atoms with Gasteiger partial charge in [0, 0.05) is 18.7 Å². The number of nitro benzene ring substituents is 1. The van der Waals surface area contributed by atoms with Crippen molar-refractivity contribution in [1.29, 1.82) is 0 Å². The van der Waals surface area contributed by atoms with Gasteiger partial charge in [-0.15, -0.1) is 0 Å². The quantitative estimate of drug-likeness (QED) is 0.549. The highest BCUT2D eigenvalue weighted by atomic mass is 16.6. The number of ether oxygens (including phenoxy) is 1. The SMILES string of the molecule is COc1ccc([N+](=O)[O-])cc1NC(=O)[C@@H](C)NCC12CC3CC(CC(C3)C1)C2. The van der Waals surface area contributed by atoms with Crippen molar-refractivity contribution >= 4 is 17.3 Å². The van der Waals surface area contributed by atoms with Crippen LogP contribution in [0.2, 0.25) is 0 Å². The lowest BCUT2D eigenvalue weighted by molar-refractivity contribution is -0.384. The first-order valence-corrected chi connectivity index (χ1v) is 10.2. The highest BCUT2D eigenvalue weighted by Gasteiger charge is 2.50. The maximum atomic E-state index is 12.7. The second kappa shape index (κ2) is 7.35. The summed E-state index contributed by atoms with van der Waals surface area (Å²) in [5.74, 6) is 2.85. The van der Waals surface area contributed by atoms with E-state index >= 15 is 0 Å². The first-order chi connectivity index (χ1) is 13.4. The number of rotatable bonds is 7. The summed E-state index contributed by atoms with van der Waals surface area (Å²) >= 11 is 0. The molecule has 0 heterocycles. The zero-order chi connectivity index (χ0) is 19.9. The number of nitrogens with one attached hydrogen (secondary N) is 2. The average molecular weight is 387 g/mol. The number of hydrogen-bond donors (Lipinski definition) is 2. The standard InChI is InChI=1S/C21H29N3O4/c1-13(20(25)23-18-8-17(24(26)27)3-4-19(18)28-2)22-12-21-9-14-5-15(10-21)7-16(6-14)11-21/h3-4,8,13-16,22H,5-7,9-12H2,1-2H3,(H,23,25)/t13-,14?,15?,16?,21?/m1/s1. The number of carbonyl (C=O) groups is 1. The van der Waals surface area contributed by atoms with E-state index in [4.69, 9.17) is 4.74 Å². The molecular formula is C21H29N3O4. The van der Waals surface area contributed by atoms with Gasteiger partial charge in [-0.3, -0.25) is 14.9 Å². The van der Waals surface area contributed by atoms with Crippen LogP contribution in [-0.4, -0.2) is 30.5 Å². The lowest BCUT2D eigenvalue weighted by Gasteiger charge is -2.57. The number of methoxy groups -OCH3 is 1. The first-order valence-electron chi connectivity index (χ1n) is 10.2. The van der Waals surface area contributed by atoms with Crippen LogP contribution in [0.1, 0.15) is 45.4 Å². The molecule has 4 fully saturated rings. The fraction of sp³-hybridized carbons (Fsp3) is 0.667. The smallest absolute Gasteiger partial charge is 0.271 e. The molecule has 4 bridgehead atoms. The van der Waals surface area contributed by atoms with Gasteiger partial charge >= 0.3 is 0 Å². The maximum absolute atomic E-state index is 12.7. The summed E-state index contributed by atoms with van der Waals surface area (Å²) in [6, 6.07) is 3.82. The number of benzene rings is 1. The van der Waals surface area contributed by atoms with Gasteiger partial charge in [0.05, 0.1) is 23.8 Å². The molecule has 2 N–H and O–H groups in total. The fourth-order valence-corrected chi connectivity index (χ4v) is 6.12. The van der Waals surface area contributed by atoms with Crippen LogP contribution in [0.15, 0.2) is 18.2 Å². The van der Waals surface area contributed by atoms with Gasteiger partial charge in [0.2, 0.25) is 5.91 Å². The molecule has 28 heavy (non-hydrogen) atoms. The molecule has 0 spiro atoms. The summed E-state index contributed by atoms with van der Waals surface area (Å²) in [5, 5.41) is 17.3. The van der Waals surface area contributed by atoms with E-state index in [9.17, 15) is 14.9 Å². The number of nitrogens with zero attached hydrogens (tertiary/aromatic N) is 1. The number of anilines is 1. The molecule has 1 atom stereocenters. The second-order valence-corrected chi connectivity index (χ2v) is 9.15. The summed E-state index contributed by atoms with van der Waals surface area (Å²) < 4.78 is 5.23. The van der Waals surface area contributed by atoms with Crippen molar-refractivity contribution in [3.05, 3.63) is 28.3 Å². The van der Waals surface area contributed by atoms with Crippen LogP contribution >= 0.6 is 0 Å². The number of non-ortho nitro benzene ring substituents is 1. The predicted octanol–water partition coefficient (Wildman–Crippen LogP) is 3.74. The van der Waals surface area contributed by atoms with Crippen LogP contribution in [0.3, 0.4) is 0 Å². The Morgan fingerprint density at radius 3 is 2.39 bits per heavy atom. The summed E-state index contributed by atoms with van der Waals surface area (Å²) in [5.41, 5.74) is 0.599. The molecule has 1 amide bonds. The van der Waals surface area contributed by atoms with Crippen molar-refractivity contribution in [2.45, 2.75) is 51.5 Å². The Balaban J connectivity index is 1.38. The third kappa shape index (κ3) is 3.72. The van der Waals surface area contributed by atoms with E-state index in [1.807, 2.05) is 6.92 Å². The normalized spacial score (nSPS) is 31.4. The Kier molecular flexibility index (Phi) is 5.04. The van der Waals surface area contributed by atoms with Crippen LogP contribution in [-0.2, 0) is 4.79 Å². The third-order valence-electron chi connectivity index (χ3n) is 6.99. The molecule has 7 nitrogen and oxygen atoms in total. The van der Waals surface area contributed by atoms with Crippen molar-refractivity contribution < 1.29 is 14.5 Å². The van der Waals surface area contributed by atoms with E-state index in [-0.39, 0.29) is 17.6 Å². The predicted molar refractivity (Wildman–Crippen MR) is 106 cm³/mol. The van der Waals surface area contributed by atoms with Gasteiger partial charge in [-0.1, -0.05) is 0 Å². The number of hydrogen-bond acceptors (Lipinski definition) is 5. The average Bonchev–Trinajstić information content (AvgIpc) is 2.65. The zero-order valence-corrected chi connectivity index (χ0v) is 16.6. The largest absolute Gasteiger partial charge is 0.495 e. The molecule has 0 saturated heterocycles. The Bertz CT molecular complexity index is 744. The van der Waals surface area contributed by atoms with E-state index < -0.39 is 4.92 Å². The van der Waals surface area contributed by atoms with Gasteiger partial charge in [-0.25, -0.2) is 0 Å². The van der Waals surface area contributed by atoms with Crippen LogP contribution < -0.4 is 15.4 Å². The number of carbonyl (C=O) groups excluding carboxylic acids is 1. The van der Waals surface area contributed by atoms with Gasteiger partial charge in [0.25, 0.3) is 5.69 Å². The Morgan fingerprint density at radius 1 is 1.25 bits per heavy atom. The number of amides is 1. The molecule has 4 saturated carbocycles. The maximum Gasteiger partial charge on any atom is 0.271 e. The van der Waals surface area contributed by atoms with E-state index in [1.165, 1.54) is 63.8 Å². The highest BCUT2D eigenvalue weighted by Crippen LogP contribution is 2.59. The van der Waals surface area contributed by atoms with Crippen molar-refractivity contribution in [2.24, 2.45) is 23.2 Å². The Labute approximate surface area is 165 Å². The van der Waals surface area contributed by atoms with Crippen LogP contribution in [0.25, 0.3) is 0 Å². The van der Waals surface area contributed by atoms with Crippen LogP contribution in [0, 0.1) is 33.3 Å². The Morgan fingerprint density at radius 2 is 1.86 bits per heavy atom. The molecule has 0 radical (unpaired) electrons. The summed E-state index contributed by atoms with van der Waals surface area (Å²) in [6.07, 6.45) is 8.09. The zero-order valence-electron chi connectivity index (χ0n) is 16.6. The number of nitro groups is 1.